The van der Waals surface area contributed by atoms with E-state index in [0.717, 1.165) is 4.57 Å². The standard InChI is InChI=1S/C12H10F3N5O2/c13-12(14,15)11-18-17-9-6-19(4-5-20(9)11)8-3-1-2-7(16-8)10(21)22/h1-3H,4-6H2,(H,21,22). The number of fused-ring (bicyclic) bond motifs is 1. The molecule has 1 N–H and O–H groups in total. The number of aromatic nitrogens is 4. The molecule has 0 amide bonds. The highest BCUT2D eigenvalue weighted by atomic mass is 19.4. The molecule has 3 rings (SSSR count). The largest absolute Gasteiger partial charge is 0.477 e. The zero-order chi connectivity index (χ0) is 15.9. The summed E-state index contributed by atoms with van der Waals surface area (Å²) in [6.07, 6.45) is -4.55. The summed E-state index contributed by atoms with van der Waals surface area (Å²) in [5, 5.41) is 15.7. The van der Waals surface area contributed by atoms with Gasteiger partial charge in [0.15, 0.2) is 11.5 Å². The Balaban J connectivity index is 1.88. The van der Waals surface area contributed by atoms with E-state index in [4.69, 9.17) is 5.11 Å². The number of rotatable bonds is 2. The second-order valence-electron chi connectivity index (χ2n) is 4.70. The number of pyridine rings is 1. The second-order valence-corrected chi connectivity index (χ2v) is 4.70. The lowest BCUT2D eigenvalue weighted by molar-refractivity contribution is -0.147. The number of carboxylic acids is 1. The molecule has 0 spiro atoms. The molecule has 2 aromatic heterocycles. The van der Waals surface area contributed by atoms with Gasteiger partial charge in [-0.3, -0.25) is 0 Å². The second kappa shape index (κ2) is 4.97. The summed E-state index contributed by atoms with van der Waals surface area (Å²) in [6, 6.07) is 4.48. The van der Waals surface area contributed by atoms with Gasteiger partial charge in [-0.2, -0.15) is 13.2 Å². The van der Waals surface area contributed by atoms with Gasteiger partial charge >= 0.3 is 12.1 Å². The summed E-state index contributed by atoms with van der Waals surface area (Å²) in [5.74, 6) is -1.64. The molecule has 116 valence electrons. The van der Waals surface area contributed by atoms with Crippen molar-refractivity contribution < 1.29 is 23.1 Å². The van der Waals surface area contributed by atoms with Crippen LogP contribution in [0.5, 0.6) is 0 Å². The number of nitrogens with zero attached hydrogens (tertiary/aromatic N) is 5. The minimum absolute atomic E-state index is 0.0517. The monoisotopic (exact) mass is 313 g/mol. The minimum atomic E-state index is -4.55. The molecule has 0 atom stereocenters. The molecule has 0 aromatic carbocycles. The number of alkyl halides is 3. The van der Waals surface area contributed by atoms with E-state index >= 15 is 0 Å². The first-order valence-corrected chi connectivity index (χ1v) is 6.31. The smallest absolute Gasteiger partial charge is 0.451 e. The van der Waals surface area contributed by atoms with Crippen molar-refractivity contribution in [3.8, 4) is 0 Å². The van der Waals surface area contributed by atoms with Crippen molar-refractivity contribution in [1.29, 1.82) is 0 Å². The Labute approximate surface area is 122 Å². The Morgan fingerprint density at radius 1 is 1.23 bits per heavy atom. The minimum Gasteiger partial charge on any atom is -0.477 e. The van der Waals surface area contributed by atoms with Gasteiger partial charge in [0.25, 0.3) is 0 Å². The van der Waals surface area contributed by atoms with Crippen molar-refractivity contribution in [2.45, 2.75) is 19.3 Å². The molecule has 1 aliphatic rings. The maximum atomic E-state index is 12.8. The highest BCUT2D eigenvalue weighted by Gasteiger charge is 2.39. The average Bonchev–Trinajstić information content (AvgIpc) is 2.90. The predicted octanol–water partition coefficient (Wildman–Crippen LogP) is 1.41. The zero-order valence-corrected chi connectivity index (χ0v) is 11.1. The lowest BCUT2D eigenvalue weighted by Gasteiger charge is -2.28. The van der Waals surface area contributed by atoms with Crippen molar-refractivity contribution >= 4 is 11.8 Å². The summed E-state index contributed by atoms with van der Waals surface area (Å²) in [4.78, 5) is 16.5. The molecule has 7 nitrogen and oxygen atoms in total. The summed E-state index contributed by atoms with van der Waals surface area (Å²) < 4.78 is 39.3. The number of halogens is 3. The molecule has 10 heteroatoms. The van der Waals surface area contributed by atoms with Crippen LogP contribution in [0.2, 0.25) is 0 Å². The molecule has 3 heterocycles. The summed E-state index contributed by atoms with van der Waals surface area (Å²) >= 11 is 0. The molecule has 0 bridgehead atoms. The Bertz CT molecular complexity index is 728. The first-order chi connectivity index (χ1) is 10.4. The number of carboxylic acid groups (broad SMARTS) is 1. The van der Waals surface area contributed by atoms with Crippen LogP contribution < -0.4 is 4.90 Å². The Kier molecular flexibility index (Phi) is 3.23. The summed E-state index contributed by atoms with van der Waals surface area (Å²) in [6.45, 7) is 0.388. The third-order valence-electron chi connectivity index (χ3n) is 3.28. The van der Waals surface area contributed by atoms with Gasteiger partial charge < -0.3 is 14.6 Å². The SMILES string of the molecule is O=C(O)c1cccc(N2CCn3c(nnc3C(F)(F)F)C2)n1. The van der Waals surface area contributed by atoms with Crippen LogP contribution in [-0.2, 0) is 19.3 Å². The van der Waals surface area contributed by atoms with Gasteiger partial charge in [-0.05, 0) is 12.1 Å². The average molecular weight is 313 g/mol. The number of aromatic carboxylic acids is 1. The topological polar surface area (TPSA) is 84.1 Å². The van der Waals surface area contributed by atoms with Crippen LogP contribution in [0.15, 0.2) is 18.2 Å². The number of anilines is 1. The Morgan fingerprint density at radius 3 is 2.68 bits per heavy atom. The van der Waals surface area contributed by atoms with Crippen LogP contribution in [0, 0.1) is 0 Å². The third-order valence-corrected chi connectivity index (χ3v) is 3.28. The van der Waals surface area contributed by atoms with Crippen molar-refractivity contribution in [2.24, 2.45) is 0 Å². The van der Waals surface area contributed by atoms with E-state index in [1.54, 1.807) is 11.0 Å². The third kappa shape index (κ3) is 2.47. The molecular weight excluding hydrogens is 303 g/mol. The van der Waals surface area contributed by atoms with E-state index in [1.807, 2.05) is 0 Å². The van der Waals surface area contributed by atoms with Gasteiger partial charge in [-0.1, -0.05) is 6.07 Å². The Hall–Kier alpha value is -2.65. The van der Waals surface area contributed by atoms with E-state index in [0.29, 0.717) is 5.82 Å². The molecule has 0 saturated carbocycles. The molecule has 0 saturated heterocycles. The van der Waals surface area contributed by atoms with Crippen molar-refractivity contribution in [2.75, 3.05) is 11.4 Å². The molecule has 0 radical (unpaired) electrons. The van der Waals surface area contributed by atoms with E-state index < -0.39 is 18.0 Å². The molecule has 22 heavy (non-hydrogen) atoms. The van der Waals surface area contributed by atoms with Crippen LogP contribution in [0.25, 0.3) is 0 Å². The normalized spacial score (nSPS) is 14.8. The van der Waals surface area contributed by atoms with Gasteiger partial charge in [0, 0.05) is 13.1 Å². The molecule has 1 aliphatic heterocycles. The maximum absolute atomic E-state index is 12.8. The fourth-order valence-electron chi connectivity index (χ4n) is 2.28. The van der Waals surface area contributed by atoms with Crippen LogP contribution in [0.3, 0.4) is 0 Å². The number of hydrogen-bond acceptors (Lipinski definition) is 5. The first kappa shape index (κ1) is 14.3. The number of carbonyl (C=O) groups is 1. The molecule has 0 aliphatic carbocycles. The van der Waals surface area contributed by atoms with Crippen LogP contribution in [0.4, 0.5) is 19.0 Å². The van der Waals surface area contributed by atoms with E-state index in [2.05, 4.69) is 15.2 Å². The van der Waals surface area contributed by atoms with Crippen molar-refractivity contribution in [1.82, 2.24) is 19.7 Å². The fraction of sp³-hybridized carbons (Fsp3) is 0.333. The van der Waals surface area contributed by atoms with E-state index in [1.165, 1.54) is 12.1 Å². The zero-order valence-electron chi connectivity index (χ0n) is 11.1. The molecular formula is C12H10F3N5O2. The number of hydrogen-bond donors (Lipinski definition) is 1. The van der Waals surface area contributed by atoms with Gasteiger partial charge in [0.1, 0.15) is 5.82 Å². The summed E-state index contributed by atoms with van der Waals surface area (Å²) in [5.41, 5.74) is -0.125. The fourth-order valence-corrected chi connectivity index (χ4v) is 2.28. The first-order valence-electron chi connectivity index (χ1n) is 6.31. The molecule has 0 unspecified atom stereocenters. The highest BCUT2D eigenvalue weighted by molar-refractivity contribution is 5.85. The van der Waals surface area contributed by atoms with Crippen LogP contribution in [-0.4, -0.2) is 37.4 Å². The predicted molar refractivity (Wildman–Crippen MR) is 67.3 cm³/mol. The lowest BCUT2D eigenvalue weighted by Crippen LogP contribution is -2.36. The maximum Gasteiger partial charge on any atom is 0.451 e. The van der Waals surface area contributed by atoms with Gasteiger partial charge in [0.05, 0.1) is 6.54 Å². The van der Waals surface area contributed by atoms with Crippen LogP contribution >= 0.6 is 0 Å². The van der Waals surface area contributed by atoms with Crippen molar-refractivity contribution in [3.63, 3.8) is 0 Å². The molecule has 2 aromatic rings. The highest BCUT2D eigenvalue weighted by Crippen LogP contribution is 2.30. The van der Waals surface area contributed by atoms with Gasteiger partial charge in [-0.15, -0.1) is 10.2 Å². The van der Waals surface area contributed by atoms with E-state index in [-0.39, 0.29) is 31.2 Å². The van der Waals surface area contributed by atoms with Gasteiger partial charge in [0.2, 0.25) is 5.82 Å². The Morgan fingerprint density at radius 2 is 2.00 bits per heavy atom. The quantitative estimate of drug-likeness (QED) is 0.902. The molecule has 0 fully saturated rings. The van der Waals surface area contributed by atoms with Crippen molar-refractivity contribution in [3.05, 3.63) is 35.5 Å². The van der Waals surface area contributed by atoms with Crippen LogP contribution in [0.1, 0.15) is 22.1 Å². The summed E-state index contributed by atoms with van der Waals surface area (Å²) in [7, 11) is 0. The van der Waals surface area contributed by atoms with E-state index in [9.17, 15) is 18.0 Å². The lowest BCUT2D eigenvalue weighted by atomic mass is 10.3. The van der Waals surface area contributed by atoms with Gasteiger partial charge in [-0.25, -0.2) is 9.78 Å².